The third kappa shape index (κ3) is 5.91. The minimum atomic E-state index is -3.59. The van der Waals surface area contributed by atoms with Gasteiger partial charge < -0.3 is 15.4 Å². The van der Waals surface area contributed by atoms with E-state index in [-0.39, 0.29) is 23.3 Å². The number of nitrogens with one attached hydrogen (secondary N) is 2. The Morgan fingerprint density at radius 2 is 1.79 bits per heavy atom. The first kappa shape index (κ1) is 23.3. The van der Waals surface area contributed by atoms with Gasteiger partial charge in [0, 0.05) is 36.4 Å². The molecule has 176 valence electrons. The third-order valence-corrected chi connectivity index (χ3v) is 7.75. The molecule has 2 fully saturated rings. The zero-order chi connectivity index (χ0) is 23.4. The highest BCUT2D eigenvalue weighted by Gasteiger charge is 2.29. The number of amides is 2. The first-order valence-electron chi connectivity index (χ1n) is 11.3. The molecular weight excluding hydrogens is 442 g/mol. The highest BCUT2D eigenvalue weighted by Crippen LogP contribution is 2.30. The third-order valence-electron chi connectivity index (χ3n) is 5.86. The van der Waals surface area contributed by atoms with Crippen LogP contribution in [0.25, 0.3) is 0 Å². The maximum atomic E-state index is 13.0. The van der Waals surface area contributed by atoms with E-state index in [1.165, 1.54) is 10.4 Å². The molecule has 1 aliphatic carbocycles. The molecular formula is C24H29N3O5S. The summed E-state index contributed by atoms with van der Waals surface area (Å²) in [4.78, 5) is 24.6. The van der Waals surface area contributed by atoms with Crippen LogP contribution < -0.4 is 15.4 Å². The molecule has 0 unspecified atom stereocenters. The van der Waals surface area contributed by atoms with Gasteiger partial charge in [-0.15, -0.1) is 0 Å². The number of ether oxygens (including phenoxy) is 1. The Labute approximate surface area is 194 Å². The van der Waals surface area contributed by atoms with Crippen LogP contribution >= 0.6 is 0 Å². The zero-order valence-corrected chi connectivity index (χ0v) is 19.5. The summed E-state index contributed by atoms with van der Waals surface area (Å²) in [6.45, 7) is 2.60. The fourth-order valence-electron chi connectivity index (χ4n) is 3.74. The minimum absolute atomic E-state index is 0.000226. The number of anilines is 2. The van der Waals surface area contributed by atoms with E-state index in [1.54, 1.807) is 43.3 Å². The van der Waals surface area contributed by atoms with Crippen molar-refractivity contribution in [3.8, 4) is 5.75 Å². The van der Waals surface area contributed by atoms with Gasteiger partial charge in [-0.2, -0.15) is 4.31 Å². The van der Waals surface area contributed by atoms with Crippen molar-refractivity contribution in [1.29, 1.82) is 0 Å². The second-order valence-corrected chi connectivity index (χ2v) is 10.5. The van der Waals surface area contributed by atoms with Gasteiger partial charge in [0.15, 0.2) is 6.61 Å². The summed E-state index contributed by atoms with van der Waals surface area (Å²) in [5, 5.41) is 5.60. The van der Waals surface area contributed by atoms with Crippen molar-refractivity contribution in [2.45, 2.75) is 43.9 Å². The Hall–Kier alpha value is -2.91. The van der Waals surface area contributed by atoms with Crippen molar-refractivity contribution in [1.82, 2.24) is 4.31 Å². The summed E-state index contributed by atoms with van der Waals surface area (Å²) in [5.74, 6) is 0.146. The van der Waals surface area contributed by atoms with Gasteiger partial charge in [-0.25, -0.2) is 8.42 Å². The fraction of sp³-hybridized carbons (Fsp3) is 0.417. The van der Waals surface area contributed by atoms with E-state index >= 15 is 0 Å². The van der Waals surface area contributed by atoms with Crippen molar-refractivity contribution >= 4 is 33.2 Å². The van der Waals surface area contributed by atoms with Crippen LogP contribution in [0.3, 0.4) is 0 Å². The lowest BCUT2D eigenvalue weighted by Gasteiger charge is -2.26. The average Bonchev–Trinajstić information content (AvgIpc) is 3.66. The van der Waals surface area contributed by atoms with Gasteiger partial charge in [-0.3, -0.25) is 9.59 Å². The molecule has 0 aromatic heterocycles. The second-order valence-electron chi connectivity index (χ2n) is 8.57. The number of aryl methyl sites for hydroxylation is 1. The number of rotatable bonds is 8. The first-order valence-corrected chi connectivity index (χ1v) is 12.7. The number of piperidine rings is 1. The lowest BCUT2D eigenvalue weighted by atomic mass is 10.2. The molecule has 1 aliphatic heterocycles. The predicted octanol–water partition coefficient (Wildman–Crippen LogP) is 3.54. The van der Waals surface area contributed by atoms with Crippen molar-refractivity contribution in [2.75, 3.05) is 30.3 Å². The van der Waals surface area contributed by atoms with Crippen molar-refractivity contribution < 1.29 is 22.7 Å². The molecule has 33 heavy (non-hydrogen) atoms. The Balaban J connectivity index is 1.37. The van der Waals surface area contributed by atoms with Crippen LogP contribution in [-0.2, 0) is 19.6 Å². The second kappa shape index (κ2) is 9.93. The lowest BCUT2D eigenvalue weighted by molar-refractivity contribution is -0.118. The Morgan fingerprint density at radius 1 is 1.03 bits per heavy atom. The standard InChI is InChI=1S/C24H29N3O5S/c1-17-8-11-21(33(30,31)27-12-3-2-4-13-27)15-22(17)26-23(28)16-32-20-7-5-6-19(14-20)25-24(29)18-9-10-18/h5-8,11,14-15,18H,2-4,9-10,12-13,16H2,1H3,(H,25,29)(H,26,28). The number of carbonyl (C=O) groups is 2. The summed E-state index contributed by atoms with van der Waals surface area (Å²) < 4.78 is 33.0. The molecule has 2 N–H and O–H groups in total. The van der Waals surface area contributed by atoms with Crippen LogP contribution in [0.2, 0.25) is 0 Å². The maximum Gasteiger partial charge on any atom is 0.262 e. The van der Waals surface area contributed by atoms with E-state index in [4.69, 9.17) is 4.74 Å². The SMILES string of the molecule is Cc1ccc(S(=O)(=O)N2CCCCC2)cc1NC(=O)COc1cccc(NC(=O)C2CC2)c1. The molecule has 0 atom stereocenters. The molecule has 1 saturated heterocycles. The van der Waals surface area contributed by atoms with E-state index in [2.05, 4.69) is 10.6 Å². The minimum Gasteiger partial charge on any atom is -0.484 e. The number of benzene rings is 2. The number of hydrogen-bond donors (Lipinski definition) is 2. The van der Waals surface area contributed by atoms with Gasteiger partial charge in [0.2, 0.25) is 15.9 Å². The molecule has 2 amide bonds. The average molecular weight is 472 g/mol. The molecule has 1 heterocycles. The molecule has 8 nitrogen and oxygen atoms in total. The van der Waals surface area contributed by atoms with E-state index in [1.807, 2.05) is 0 Å². The highest BCUT2D eigenvalue weighted by atomic mass is 32.2. The fourth-order valence-corrected chi connectivity index (χ4v) is 5.28. The Morgan fingerprint density at radius 3 is 2.52 bits per heavy atom. The van der Waals surface area contributed by atoms with Gasteiger partial charge in [-0.05, 0) is 62.4 Å². The molecule has 2 aliphatic rings. The monoisotopic (exact) mass is 471 g/mol. The normalized spacial score (nSPS) is 16.8. The van der Waals surface area contributed by atoms with Crippen molar-refractivity contribution in [3.05, 3.63) is 48.0 Å². The van der Waals surface area contributed by atoms with Crippen molar-refractivity contribution in [2.24, 2.45) is 5.92 Å². The number of sulfonamides is 1. The van der Waals surface area contributed by atoms with E-state index < -0.39 is 15.9 Å². The molecule has 2 aromatic rings. The summed E-state index contributed by atoms with van der Waals surface area (Å²) in [5.41, 5.74) is 1.81. The molecule has 0 radical (unpaired) electrons. The first-order chi connectivity index (χ1) is 15.8. The van der Waals surface area contributed by atoms with Gasteiger partial charge in [0.1, 0.15) is 5.75 Å². The Bertz CT molecular complexity index is 1140. The van der Waals surface area contributed by atoms with Gasteiger partial charge in [0.25, 0.3) is 5.91 Å². The Kier molecular flexibility index (Phi) is 6.99. The predicted molar refractivity (Wildman–Crippen MR) is 126 cm³/mol. The molecule has 2 aromatic carbocycles. The quantitative estimate of drug-likeness (QED) is 0.613. The van der Waals surface area contributed by atoms with Crippen molar-refractivity contribution in [3.63, 3.8) is 0 Å². The van der Waals surface area contributed by atoms with Crippen LogP contribution in [0.4, 0.5) is 11.4 Å². The van der Waals surface area contributed by atoms with E-state index in [0.717, 1.165) is 37.7 Å². The molecule has 1 saturated carbocycles. The molecule has 0 spiro atoms. The summed E-state index contributed by atoms with van der Waals surface area (Å²) in [7, 11) is -3.59. The largest absolute Gasteiger partial charge is 0.484 e. The highest BCUT2D eigenvalue weighted by molar-refractivity contribution is 7.89. The number of hydrogen-bond acceptors (Lipinski definition) is 5. The van der Waals surface area contributed by atoms with Gasteiger partial charge in [0.05, 0.1) is 4.90 Å². The summed E-state index contributed by atoms with van der Waals surface area (Å²) >= 11 is 0. The van der Waals surface area contributed by atoms with Crippen LogP contribution in [0.15, 0.2) is 47.4 Å². The topological polar surface area (TPSA) is 105 Å². The lowest BCUT2D eigenvalue weighted by Crippen LogP contribution is -2.35. The summed E-state index contributed by atoms with van der Waals surface area (Å²) in [6.07, 6.45) is 4.59. The van der Waals surface area contributed by atoms with Gasteiger partial charge >= 0.3 is 0 Å². The van der Waals surface area contributed by atoms with Crippen LogP contribution in [0, 0.1) is 12.8 Å². The van der Waals surface area contributed by atoms with Crippen LogP contribution in [0.1, 0.15) is 37.7 Å². The van der Waals surface area contributed by atoms with Crippen LogP contribution in [0.5, 0.6) is 5.75 Å². The summed E-state index contributed by atoms with van der Waals surface area (Å²) in [6, 6.07) is 11.7. The van der Waals surface area contributed by atoms with E-state index in [9.17, 15) is 18.0 Å². The smallest absolute Gasteiger partial charge is 0.262 e. The number of carbonyl (C=O) groups excluding carboxylic acids is 2. The van der Waals surface area contributed by atoms with Crippen LogP contribution in [-0.4, -0.2) is 44.2 Å². The molecule has 4 rings (SSSR count). The maximum absolute atomic E-state index is 13.0. The molecule has 0 bridgehead atoms. The molecule has 9 heteroatoms. The number of nitrogens with zero attached hydrogens (tertiary/aromatic N) is 1. The zero-order valence-electron chi connectivity index (χ0n) is 18.7. The van der Waals surface area contributed by atoms with Gasteiger partial charge in [-0.1, -0.05) is 18.6 Å². The van der Waals surface area contributed by atoms with E-state index in [0.29, 0.717) is 30.2 Å².